The Labute approximate surface area is 371 Å². The third-order valence-corrected chi connectivity index (χ3v) is 12.1. The summed E-state index contributed by atoms with van der Waals surface area (Å²) in [5.41, 5.74) is 19.5. The van der Waals surface area contributed by atoms with Gasteiger partial charge in [-0.2, -0.15) is 0 Å². The van der Waals surface area contributed by atoms with Crippen LogP contribution in [0.25, 0.3) is 55.6 Å². The van der Waals surface area contributed by atoms with Crippen molar-refractivity contribution in [2.75, 3.05) is 4.90 Å². The smallest absolute Gasteiger partial charge is 0.0540 e. The molecular formula is C62H47N. The van der Waals surface area contributed by atoms with Gasteiger partial charge in [-0.3, -0.25) is 0 Å². The summed E-state index contributed by atoms with van der Waals surface area (Å²) in [4.78, 5) is 2.35. The minimum absolute atomic E-state index is 0.222. The van der Waals surface area contributed by atoms with Crippen LogP contribution in [0.5, 0.6) is 0 Å². The summed E-state index contributed by atoms with van der Waals surface area (Å²) in [6.07, 6.45) is 0.910. The van der Waals surface area contributed by atoms with Gasteiger partial charge in [-0.1, -0.05) is 224 Å². The highest BCUT2D eigenvalue weighted by Crippen LogP contribution is 2.42. The first-order valence-corrected chi connectivity index (χ1v) is 21.8. The van der Waals surface area contributed by atoms with Crippen molar-refractivity contribution in [1.29, 1.82) is 0 Å². The van der Waals surface area contributed by atoms with Gasteiger partial charge >= 0.3 is 0 Å². The average molecular weight is 806 g/mol. The van der Waals surface area contributed by atoms with E-state index < -0.39 is 0 Å². The standard InChI is InChI=1S/C62H47N/c1-5-19-49(20-6-1)58-31-13-14-33-60(58)61(51-23-9-3-10-24-51)43-46-35-37-47(38-36-46)52-25-17-27-54(44-52)55-28-18-26-53(45-55)48-39-41-57(42-40-48)63(56-29-11-4-12-30-56)62-34-16-15-32-59(62)50-21-7-2-8-22-50/h1-42,44-45,61H,43H2. The molecule has 1 nitrogen and oxygen atoms in total. The van der Waals surface area contributed by atoms with Crippen molar-refractivity contribution in [3.63, 3.8) is 0 Å². The van der Waals surface area contributed by atoms with Crippen LogP contribution in [0, 0.1) is 0 Å². The quantitative estimate of drug-likeness (QED) is 0.119. The number of nitrogens with zero attached hydrogens (tertiary/aromatic N) is 1. The topological polar surface area (TPSA) is 3.24 Å². The zero-order valence-corrected chi connectivity index (χ0v) is 35.1. The van der Waals surface area contributed by atoms with Crippen LogP contribution in [0.1, 0.15) is 22.6 Å². The first kappa shape index (κ1) is 39.2. The van der Waals surface area contributed by atoms with Gasteiger partial charge in [0.2, 0.25) is 0 Å². The molecule has 0 aliphatic carbocycles. The number of para-hydroxylation sites is 2. The highest BCUT2D eigenvalue weighted by molar-refractivity contribution is 5.88. The van der Waals surface area contributed by atoms with Crippen LogP contribution in [0.3, 0.4) is 0 Å². The third-order valence-electron chi connectivity index (χ3n) is 12.1. The van der Waals surface area contributed by atoms with Gasteiger partial charge in [-0.25, -0.2) is 0 Å². The van der Waals surface area contributed by atoms with E-state index in [9.17, 15) is 0 Å². The molecule has 0 aromatic heterocycles. The van der Waals surface area contributed by atoms with Crippen LogP contribution < -0.4 is 4.90 Å². The SMILES string of the molecule is c1ccc(-c2ccccc2C(Cc2ccc(-c3cccc(-c4cccc(-c5ccc(N(c6ccccc6)c6ccccc6-c6ccccc6)cc5)c4)c3)cc2)c2ccccc2)cc1. The maximum absolute atomic E-state index is 2.35. The maximum Gasteiger partial charge on any atom is 0.0540 e. The molecule has 0 bridgehead atoms. The molecule has 1 unspecified atom stereocenters. The lowest BCUT2D eigenvalue weighted by Crippen LogP contribution is -2.11. The van der Waals surface area contributed by atoms with E-state index in [0.29, 0.717) is 0 Å². The fourth-order valence-electron chi connectivity index (χ4n) is 8.94. The van der Waals surface area contributed by atoms with E-state index in [1.807, 2.05) is 0 Å². The molecule has 63 heavy (non-hydrogen) atoms. The summed E-state index contributed by atoms with van der Waals surface area (Å²) in [6.45, 7) is 0. The van der Waals surface area contributed by atoms with Gasteiger partial charge in [0, 0.05) is 22.9 Å². The van der Waals surface area contributed by atoms with E-state index in [1.165, 1.54) is 72.3 Å². The first-order valence-electron chi connectivity index (χ1n) is 21.8. The number of hydrogen-bond donors (Lipinski definition) is 0. The van der Waals surface area contributed by atoms with Gasteiger partial charge in [0.15, 0.2) is 0 Å². The van der Waals surface area contributed by atoms with Crippen molar-refractivity contribution in [1.82, 2.24) is 0 Å². The number of rotatable bonds is 12. The van der Waals surface area contributed by atoms with E-state index in [4.69, 9.17) is 0 Å². The zero-order valence-electron chi connectivity index (χ0n) is 35.1. The van der Waals surface area contributed by atoms with Gasteiger partial charge in [0.1, 0.15) is 0 Å². The molecule has 0 saturated carbocycles. The fraction of sp³-hybridized carbons (Fsp3) is 0.0323. The third kappa shape index (κ3) is 8.64. The molecule has 1 atom stereocenters. The Kier molecular flexibility index (Phi) is 11.4. The highest BCUT2D eigenvalue weighted by atomic mass is 15.1. The molecule has 300 valence electrons. The molecule has 0 spiro atoms. The number of anilines is 3. The fourth-order valence-corrected chi connectivity index (χ4v) is 8.94. The molecule has 0 N–H and O–H groups in total. The molecular weight excluding hydrogens is 759 g/mol. The minimum atomic E-state index is 0.222. The van der Waals surface area contributed by atoms with Crippen LogP contribution in [0.2, 0.25) is 0 Å². The van der Waals surface area contributed by atoms with Crippen LogP contribution in [0.15, 0.2) is 267 Å². The van der Waals surface area contributed by atoms with Gasteiger partial charge in [-0.05, 0) is 116 Å². The Morgan fingerprint density at radius 1 is 0.286 bits per heavy atom. The Morgan fingerprint density at radius 3 is 1.29 bits per heavy atom. The molecule has 1 heteroatoms. The van der Waals surface area contributed by atoms with Crippen molar-refractivity contribution in [3.8, 4) is 55.6 Å². The molecule has 0 aliphatic heterocycles. The van der Waals surface area contributed by atoms with Crippen molar-refractivity contribution in [2.24, 2.45) is 0 Å². The predicted molar refractivity (Wildman–Crippen MR) is 267 cm³/mol. The van der Waals surface area contributed by atoms with E-state index in [-0.39, 0.29) is 5.92 Å². The Bertz CT molecular complexity index is 3050. The molecule has 0 amide bonds. The normalized spacial score (nSPS) is 11.5. The average Bonchev–Trinajstić information content (AvgIpc) is 3.37. The summed E-state index contributed by atoms with van der Waals surface area (Å²) in [6, 6.07) is 96.6. The van der Waals surface area contributed by atoms with E-state index >= 15 is 0 Å². The van der Waals surface area contributed by atoms with Crippen LogP contribution >= 0.6 is 0 Å². The lowest BCUT2D eigenvalue weighted by atomic mass is 9.82. The lowest BCUT2D eigenvalue weighted by Gasteiger charge is -2.28. The molecule has 0 heterocycles. The van der Waals surface area contributed by atoms with Crippen molar-refractivity contribution in [3.05, 3.63) is 284 Å². The Balaban J connectivity index is 0.907. The Hall–Kier alpha value is -8.00. The van der Waals surface area contributed by atoms with Crippen molar-refractivity contribution in [2.45, 2.75) is 12.3 Å². The number of hydrogen-bond acceptors (Lipinski definition) is 1. The largest absolute Gasteiger partial charge is 0.310 e. The number of benzene rings is 10. The van der Waals surface area contributed by atoms with Crippen LogP contribution in [-0.2, 0) is 6.42 Å². The van der Waals surface area contributed by atoms with Crippen LogP contribution in [0.4, 0.5) is 17.1 Å². The van der Waals surface area contributed by atoms with E-state index in [0.717, 1.165) is 23.5 Å². The van der Waals surface area contributed by atoms with E-state index in [2.05, 4.69) is 272 Å². The zero-order chi connectivity index (χ0) is 42.2. The van der Waals surface area contributed by atoms with Gasteiger partial charge in [-0.15, -0.1) is 0 Å². The molecule has 10 aromatic carbocycles. The van der Waals surface area contributed by atoms with Gasteiger partial charge in [0.25, 0.3) is 0 Å². The van der Waals surface area contributed by atoms with Crippen LogP contribution in [-0.4, -0.2) is 0 Å². The summed E-state index contributed by atoms with van der Waals surface area (Å²) < 4.78 is 0. The Morgan fingerprint density at radius 2 is 0.698 bits per heavy atom. The summed E-state index contributed by atoms with van der Waals surface area (Å²) in [5, 5.41) is 0. The molecule has 10 aromatic rings. The molecule has 10 rings (SSSR count). The van der Waals surface area contributed by atoms with Gasteiger partial charge < -0.3 is 4.90 Å². The maximum atomic E-state index is 2.35. The van der Waals surface area contributed by atoms with Crippen molar-refractivity contribution < 1.29 is 0 Å². The minimum Gasteiger partial charge on any atom is -0.310 e. The summed E-state index contributed by atoms with van der Waals surface area (Å²) >= 11 is 0. The second kappa shape index (κ2) is 18.3. The van der Waals surface area contributed by atoms with E-state index in [1.54, 1.807) is 0 Å². The molecule has 0 aliphatic rings. The summed E-state index contributed by atoms with van der Waals surface area (Å²) in [7, 11) is 0. The molecule has 0 radical (unpaired) electrons. The lowest BCUT2D eigenvalue weighted by molar-refractivity contribution is 0.807. The van der Waals surface area contributed by atoms with Crippen molar-refractivity contribution >= 4 is 17.1 Å². The first-order chi connectivity index (χ1) is 31.2. The monoisotopic (exact) mass is 805 g/mol. The second-order valence-corrected chi connectivity index (χ2v) is 16.1. The molecule has 0 saturated heterocycles. The molecule has 0 fully saturated rings. The van der Waals surface area contributed by atoms with Gasteiger partial charge in [0.05, 0.1) is 5.69 Å². The summed E-state index contributed by atoms with van der Waals surface area (Å²) in [5.74, 6) is 0.222. The predicted octanol–water partition coefficient (Wildman–Crippen LogP) is 16.9. The highest BCUT2D eigenvalue weighted by Gasteiger charge is 2.20. The second-order valence-electron chi connectivity index (χ2n) is 16.1.